The summed E-state index contributed by atoms with van der Waals surface area (Å²) in [6.45, 7) is 8.58. The summed E-state index contributed by atoms with van der Waals surface area (Å²) in [5.74, 6) is 2.72. The van der Waals surface area contributed by atoms with E-state index in [9.17, 15) is 0 Å². The minimum Gasteiger partial charge on any atom is -0.493 e. The molecule has 2 nitrogen and oxygen atoms in total. The fourth-order valence-corrected chi connectivity index (χ4v) is 3.43. The summed E-state index contributed by atoms with van der Waals surface area (Å²) in [6.07, 6.45) is 4.97. The average Bonchev–Trinajstić information content (AvgIpc) is 2.47. The molecule has 0 radical (unpaired) electrons. The Kier molecular flexibility index (Phi) is 6.56. The molecule has 0 aliphatic heterocycles. The molecule has 1 fully saturated rings. The van der Waals surface area contributed by atoms with Crippen LogP contribution in [0.25, 0.3) is 0 Å². The van der Waals surface area contributed by atoms with Crippen molar-refractivity contribution in [1.29, 1.82) is 0 Å². The van der Waals surface area contributed by atoms with Crippen LogP contribution in [-0.2, 0) is 6.54 Å². The molecular weight excluding hydrogens is 326 g/mol. The third-order valence-corrected chi connectivity index (χ3v) is 5.16. The first-order valence-electron chi connectivity index (χ1n) is 8.24. The third-order valence-electron chi connectivity index (χ3n) is 4.66. The molecule has 0 heterocycles. The zero-order valence-electron chi connectivity index (χ0n) is 13.5. The second-order valence-electron chi connectivity index (χ2n) is 6.45. The van der Waals surface area contributed by atoms with E-state index in [1.165, 1.54) is 24.8 Å². The fourth-order valence-electron chi connectivity index (χ4n) is 3.03. The number of rotatable bonds is 6. The van der Waals surface area contributed by atoms with Crippen molar-refractivity contribution in [3.63, 3.8) is 0 Å². The smallest absolute Gasteiger partial charge is 0.123 e. The standard InChI is InChI=1S/C18H28BrNO/c1-4-9-21-18-8-6-16(19)11-15(18)12-20-17-7-5-13(2)14(3)10-17/h6,8,11,13-14,17,20H,4-5,7,9-10,12H2,1-3H3. The van der Waals surface area contributed by atoms with E-state index in [0.717, 1.165) is 41.6 Å². The summed E-state index contributed by atoms with van der Waals surface area (Å²) in [4.78, 5) is 0. The SMILES string of the molecule is CCCOc1ccc(Br)cc1CNC1CCC(C)C(C)C1. The molecule has 0 saturated heterocycles. The molecule has 3 heteroatoms. The molecule has 0 bridgehead atoms. The summed E-state index contributed by atoms with van der Waals surface area (Å²) in [6, 6.07) is 6.95. The Balaban J connectivity index is 1.94. The Morgan fingerprint density at radius 2 is 2.05 bits per heavy atom. The van der Waals surface area contributed by atoms with Gasteiger partial charge in [-0.3, -0.25) is 0 Å². The van der Waals surface area contributed by atoms with Gasteiger partial charge in [-0.05, 0) is 55.7 Å². The van der Waals surface area contributed by atoms with Crippen molar-refractivity contribution in [2.24, 2.45) is 11.8 Å². The highest BCUT2D eigenvalue weighted by atomic mass is 79.9. The lowest BCUT2D eigenvalue weighted by Crippen LogP contribution is -2.35. The fraction of sp³-hybridized carbons (Fsp3) is 0.667. The van der Waals surface area contributed by atoms with Gasteiger partial charge in [-0.25, -0.2) is 0 Å². The maximum Gasteiger partial charge on any atom is 0.123 e. The second-order valence-corrected chi connectivity index (χ2v) is 7.36. The van der Waals surface area contributed by atoms with Gasteiger partial charge in [-0.15, -0.1) is 0 Å². The van der Waals surface area contributed by atoms with E-state index >= 15 is 0 Å². The van der Waals surface area contributed by atoms with E-state index in [0.29, 0.717) is 6.04 Å². The van der Waals surface area contributed by atoms with Crippen molar-refractivity contribution in [3.05, 3.63) is 28.2 Å². The summed E-state index contributed by atoms with van der Waals surface area (Å²) < 4.78 is 6.98. The Bertz CT molecular complexity index is 449. The van der Waals surface area contributed by atoms with Gasteiger partial charge in [-0.1, -0.05) is 36.7 Å². The summed E-state index contributed by atoms with van der Waals surface area (Å²) >= 11 is 3.56. The Morgan fingerprint density at radius 3 is 2.76 bits per heavy atom. The predicted octanol–water partition coefficient (Wildman–Crippen LogP) is 5.15. The Hall–Kier alpha value is -0.540. The van der Waals surface area contributed by atoms with Crippen molar-refractivity contribution in [2.75, 3.05) is 6.61 Å². The number of nitrogens with one attached hydrogen (secondary N) is 1. The predicted molar refractivity (Wildman–Crippen MR) is 92.7 cm³/mol. The number of halogens is 1. The van der Waals surface area contributed by atoms with Crippen molar-refractivity contribution in [1.82, 2.24) is 5.32 Å². The minimum atomic E-state index is 0.647. The van der Waals surface area contributed by atoms with Crippen molar-refractivity contribution in [2.45, 2.75) is 59.0 Å². The average molecular weight is 354 g/mol. The molecule has 3 unspecified atom stereocenters. The molecule has 0 spiro atoms. The van der Waals surface area contributed by atoms with Crippen LogP contribution in [0.4, 0.5) is 0 Å². The minimum absolute atomic E-state index is 0.647. The molecule has 1 saturated carbocycles. The molecular formula is C18H28BrNO. The molecule has 21 heavy (non-hydrogen) atoms. The monoisotopic (exact) mass is 353 g/mol. The van der Waals surface area contributed by atoms with Gasteiger partial charge in [0, 0.05) is 22.6 Å². The molecule has 1 aromatic rings. The first-order chi connectivity index (χ1) is 10.1. The number of benzene rings is 1. The second kappa shape index (κ2) is 8.19. The molecule has 1 aromatic carbocycles. The van der Waals surface area contributed by atoms with Gasteiger partial charge in [0.2, 0.25) is 0 Å². The first-order valence-corrected chi connectivity index (χ1v) is 9.04. The molecule has 1 N–H and O–H groups in total. The number of hydrogen-bond donors (Lipinski definition) is 1. The van der Waals surface area contributed by atoms with Crippen LogP contribution >= 0.6 is 15.9 Å². The normalized spacial score (nSPS) is 25.8. The lowest BCUT2D eigenvalue weighted by atomic mass is 9.79. The Morgan fingerprint density at radius 1 is 1.24 bits per heavy atom. The van der Waals surface area contributed by atoms with E-state index in [4.69, 9.17) is 4.74 Å². The van der Waals surface area contributed by atoms with Crippen LogP contribution < -0.4 is 10.1 Å². The Labute approximate surface area is 137 Å². The molecule has 3 atom stereocenters. The number of ether oxygens (including phenoxy) is 1. The zero-order chi connectivity index (χ0) is 15.2. The van der Waals surface area contributed by atoms with Crippen LogP contribution in [-0.4, -0.2) is 12.6 Å². The van der Waals surface area contributed by atoms with Gasteiger partial charge in [-0.2, -0.15) is 0 Å². The van der Waals surface area contributed by atoms with Crippen LogP contribution in [0.5, 0.6) is 5.75 Å². The number of hydrogen-bond acceptors (Lipinski definition) is 2. The maximum absolute atomic E-state index is 5.86. The van der Waals surface area contributed by atoms with Crippen LogP contribution in [0.3, 0.4) is 0 Å². The summed E-state index contributed by atoms with van der Waals surface area (Å²) in [5.41, 5.74) is 1.25. The molecule has 1 aliphatic carbocycles. The van der Waals surface area contributed by atoms with Gasteiger partial charge < -0.3 is 10.1 Å². The molecule has 0 amide bonds. The molecule has 0 aromatic heterocycles. The first kappa shape index (κ1) is 16.8. The van der Waals surface area contributed by atoms with Crippen molar-refractivity contribution >= 4 is 15.9 Å². The summed E-state index contributed by atoms with van der Waals surface area (Å²) in [7, 11) is 0. The highest BCUT2D eigenvalue weighted by Crippen LogP contribution is 2.30. The van der Waals surface area contributed by atoms with E-state index in [-0.39, 0.29) is 0 Å². The van der Waals surface area contributed by atoms with Crippen molar-refractivity contribution in [3.8, 4) is 5.75 Å². The van der Waals surface area contributed by atoms with E-state index < -0.39 is 0 Å². The van der Waals surface area contributed by atoms with Crippen molar-refractivity contribution < 1.29 is 4.74 Å². The van der Waals surface area contributed by atoms with Crippen LogP contribution in [0.2, 0.25) is 0 Å². The maximum atomic E-state index is 5.86. The van der Waals surface area contributed by atoms with Crippen LogP contribution in [0.15, 0.2) is 22.7 Å². The van der Waals surface area contributed by atoms with Gasteiger partial charge >= 0.3 is 0 Å². The highest BCUT2D eigenvalue weighted by molar-refractivity contribution is 9.10. The lowest BCUT2D eigenvalue weighted by Gasteiger charge is -2.32. The molecule has 1 aliphatic rings. The van der Waals surface area contributed by atoms with Crippen LogP contribution in [0, 0.1) is 11.8 Å². The topological polar surface area (TPSA) is 21.3 Å². The zero-order valence-corrected chi connectivity index (χ0v) is 15.1. The van der Waals surface area contributed by atoms with E-state index in [2.05, 4.69) is 60.2 Å². The lowest BCUT2D eigenvalue weighted by molar-refractivity contribution is 0.224. The van der Waals surface area contributed by atoms with E-state index in [1.54, 1.807) is 0 Å². The largest absolute Gasteiger partial charge is 0.493 e. The van der Waals surface area contributed by atoms with Gasteiger partial charge in [0.25, 0.3) is 0 Å². The third kappa shape index (κ3) is 5.00. The molecule has 2 rings (SSSR count). The van der Waals surface area contributed by atoms with E-state index in [1.807, 2.05) is 0 Å². The molecule has 118 valence electrons. The van der Waals surface area contributed by atoms with Gasteiger partial charge in [0.05, 0.1) is 6.61 Å². The highest BCUT2D eigenvalue weighted by Gasteiger charge is 2.24. The van der Waals surface area contributed by atoms with Gasteiger partial charge in [0.1, 0.15) is 5.75 Å². The van der Waals surface area contributed by atoms with Crippen LogP contribution in [0.1, 0.15) is 52.0 Å². The quantitative estimate of drug-likeness (QED) is 0.763. The van der Waals surface area contributed by atoms with Gasteiger partial charge in [0.15, 0.2) is 0 Å². The summed E-state index contributed by atoms with van der Waals surface area (Å²) in [5, 5.41) is 3.73.